The molecule has 2 aromatic heterocycles. The first kappa shape index (κ1) is 26.9. The Hall–Kier alpha value is -3.35. The molecule has 2 aliphatic heterocycles. The molecule has 6 rings (SSSR count). The monoisotopic (exact) mass is 647 g/mol. The summed E-state index contributed by atoms with van der Waals surface area (Å²) in [6.07, 6.45) is 0.226. The van der Waals surface area contributed by atoms with E-state index in [1.807, 2.05) is 12.1 Å². The Kier molecular flexibility index (Phi) is 6.10. The van der Waals surface area contributed by atoms with Gasteiger partial charge in [0.1, 0.15) is 27.9 Å². The maximum absolute atomic E-state index is 14.7. The lowest BCUT2D eigenvalue weighted by Crippen LogP contribution is -2.58. The van der Waals surface area contributed by atoms with Crippen molar-refractivity contribution in [3.05, 3.63) is 75.1 Å². The summed E-state index contributed by atoms with van der Waals surface area (Å²) in [5.41, 5.74) is -1.92. The number of anilines is 1. The van der Waals surface area contributed by atoms with E-state index in [1.165, 1.54) is 43.2 Å². The highest BCUT2D eigenvalue weighted by molar-refractivity contribution is 9.11. The summed E-state index contributed by atoms with van der Waals surface area (Å²) in [5.74, 6) is -1.90. The van der Waals surface area contributed by atoms with Crippen molar-refractivity contribution < 1.29 is 23.8 Å². The van der Waals surface area contributed by atoms with Gasteiger partial charge in [-0.2, -0.15) is 0 Å². The summed E-state index contributed by atoms with van der Waals surface area (Å²) in [5, 5.41) is 3.26. The topological polar surface area (TPSA) is 118 Å². The van der Waals surface area contributed by atoms with Crippen LogP contribution in [0.2, 0.25) is 5.02 Å². The van der Waals surface area contributed by atoms with Gasteiger partial charge in [0.05, 0.1) is 29.5 Å². The van der Waals surface area contributed by atoms with Crippen LogP contribution < -0.4 is 30.8 Å². The highest BCUT2D eigenvalue weighted by atomic mass is 79.9. The van der Waals surface area contributed by atoms with Gasteiger partial charge < -0.3 is 19.5 Å². The third-order valence-electron chi connectivity index (χ3n) is 7.95. The zero-order valence-corrected chi connectivity index (χ0v) is 25.2. The van der Waals surface area contributed by atoms with Gasteiger partial charge in [0.15, 0.2) is 5.75 Å². The highest BCUT2D eigenvalue weighted by Crippen LogP contribution is 2.56. The Morgan fingerprint density at radius 2 is 1.80 bits per heavy atom. The van der Waals surface area contributed by atoms with Crippen molar-refractivity contribution in [2.75, 3.05) is 19.5 Å². The number of carbonyl (C=O) groups excluding carboxylic acids is 2. The molecule has 0 radical (unpaired) electrons. The van der Waals surface area contributed by atoms with Crippen LogP contribution in [0.1, 0.15) is 40.1 Å². The van der Waals surface area contributed by atoms with Crippen LogP contribution in [0.4, 0.5) is 5.82 Å². The van der Waals surface area contributed by atoms with Gasteiger partial charge in [0.2, 0.25) is 17.2 Å². The number of nitrogens with one attached hydrogen (secondary N) is 1. The number of carbonyl (C=O) groups is 2. The number of benzene rings is 1. The second-order valence-electron chi connectivity index (χ2n) is 9.96. The molecule has 0 saturated heterocycles. The number of aromatic nitrogens is 2. The summed E-state index contributed by atoms with van der Waals surface area (Å²) in [6.45, 7) is 1.75. The molecule has 40 heavy (non-hydrogen) atoms. The Balaban J connectivity index is 1.61. The fourth-order valence-electron chi connectivity index (χ4n) is 5.96. The number of allylic oxidation sites excluding steroid dienone is 1. The first-order chi connectivity index (χ1) is 19.0. The number of halogens is 2. The van der Waals surface area contributed by atoms with Crippen molar-refractivity contribution in [1.29, 1.82) is 0 Å². The maximum atomic E-state index is 14.7. The van der Waals surface area contributed by atoms with Gasteiger partial charge >= 0.3 is 5.69 Å². The molecule has 4 heterocycles. The van der Waals surface area contributed by atoms with Crippen molar-refractivity contribution in [2.45, 2.75) is 24.9 Å². The van der Waals surface area contributed by atoms with E-state index in [-0.39, 0.29) is 45.4 Å². The summed E-state index contributed by atoms with van der Waals surface area (Å²) in [4.78, 5) is 56.1. The number of fused-ring (bicyclic) bond motifs is 2. The largest absolute Gasteiger partial charge is 0.496 e. The number of thiophene rings is 1. The second-order valence-corrected chi connectivity index (χ2v) is 12.8. The van der Waals surface area contributed by atoms with Crippen LogP contribution in [-0.2, 0) is 18.9 Å². The van der Waals surface area contributed by atoms with Gasteiger partial charge in [-0.1, -0.05) is 18.5 Å². The van der Waals surface area contributed by atoms with E-state index in [2.05, 4.69) is 21.2 Å². The van der Waals surface area contributed by atoms with Crippen molar-refractivity contribution in [2.24, 2.45) is 20.0 Å². The second kappa shape index (κ2) is 9.08. The number of rotatable bonds is 3. The van der Waals surface area contributed by atoms with Crippen molar-refractivity contribution in [3.63, 3.8) is 0 Å². The van der Waals surface area contributed by atoms with Crippen LogP contribution in [-0.4, -0.2) is 40.5 Å². The molecule has 0 saturated carbocycles. The van der Waals surface area contributed by atoms with Crippen LogP contribution in [0.25, 0.3) is 0 Å². The molecule has 3 aromatic rings. The predicted octanol–water partition coefficient (Wildman–Crippen LogP) is 4.01. The third-order valence-corrected chi connectivity index (χ3v) is 10.0. The molecule has 1 unspecified atom stereocenters. The predicted molar refractivity (Wildman–Crippen MR) is 152 cm³/mol. The van der Waals surface area contributed by atoms with Gasteiger partial charge in [-0.05, 0) is 34.5 Å². The van der Waals surface area contributed by atoms with Crippen molar-refractivity contribution in [3.8, 4) is 17.2 Å². The quantitative estimate of drug-likeness (QED) is 0.424. The molecule has 1 aliphatic carbocycles. The average Bonchev–Trinajstić information content (AvgIpc) is 3.51. The van der Waals surface area contributed by atoms with Gasteiger partial charge in [-0.3, -0.25) is 23.5 Å². The van der Waals surface area contributed by atoms with E-state index >= 15 is 0 Å². The number of Topliss-reactive ketones (excluding diaryl/α,β-unsaturated/α-hetero) is 2. The first-order valence-electron chi connectivity index (χ1n) is 12.3. The fraction of sp³-hybridized carbons (Fsp3) is 0.333. The SMILES string of the molecule is COc1cc(OC)c2c(c1Cl)O[C@@]1(C(=O)C3=C(C[C@H]1C)Nc1c(c(=O)n(C)c(=O)n1C)C3c1ccc(Br)s1)C2=O. The van der Waals surface area contributed by atoms with Gasteiger partial charge in [0, 0.05) is 42.2 Å². The lowest BCUT2D eigenvalue weighted by Gasteiger charge is -2.42. The fourth-order valence-corrected chi connectivity index (χ4v) is 7.77. The first-order valence-corrected chi connectivity index (χ1v) is 14.2. The molecule has 13 heteroatoms. The molecule has 3 aliphatic rings. The normalized spacial score (nSPS) is 23.0. The third kappa shape index (κ3) is 3.32. The molecule has 1 N–H and O–H groups in total. The minimum Gasteiger partial charge on any atom is -0.496 e. The maximum Gasteiger partial charge on any atom is 0.332 e. The number of ketones is 2. The van der Waals surface area contributed by atoms with Crippen LogP contribution in [0.5, 0.6) is 17.2 Å². The molecular formula is C27H23BrClN3O7S. The molecule has 1 spiro atoms. The molecule has 1 aromatic carbocycles. The van der Waals surface area contributed by atoms with E-state index in [0.29, 0.717) is 16.4 Å². The Morgan fingerprint density at radius 1 is 1.10 bits per heavy atom. The number of hydrogen-bond acceptors (Lipinski definition) is 9. The van der Waals surface area contributed by atoms with E-state index in [1.54, 1.807) is 14.0 Å². The van der Waals surface area contributed by atoms with Crippen molar-refractivity contribution >= 4 is 56.3 Å². The minimum atomic E-state index is -1.94. The van der Waals surface area contributed by atoms with Crippen molar-refractivity contribution in [1.82, 2.24) is 9.13 Å². The van der Waals surface area contributed by atoms with Gasteiger partial charge in [0.25, 0.3) is 5.56 Å². The zero-order chi connectivity index (χ0) is 28.8. The van der Waals surface area contributed by atoms with E-state index < -0.39 is 40.3 Å². The standard InChI is InChI=1S/C27H23BrClN3O7S/c1-10-8-11-16(22(33)27(10)23(34)17-12(37-4)9-13(38-5)20(29)21(17)39-27)18(14-6-7-15(28)40-14)19-24(30-11)31(2)26(36)32(3)25(19)35/h6-7,9-10,18,30H,8H2,1-5H3/t10-,18?,27+/m1/s1. The van der Waals surface area contributed by atoms with E-state index in [4.69, 9.17) is 25.8 Å². The van der Waals surface area contributed by atoms with Crippen LogP contribution >= 0.6 is 38.9 Å². The van der Waals surface area contributed by atoms with Gasteiger partial charge in [-0.25, -0.2) is 4.79 Å². The van der Waals surface area contributed by atoms with E-state index in [0.717, 1.165) is 8.35 Å². The summed E-state index contributed by atoms with van der Waals surface area (Å²) < 4.78 is 20.3. The Labute approximate surface area is 245 Å². The minimum absolute atomic E-state index is 0.0185. The highest BCUT2D eigenvalue weighted by Gasteiger charge is 2.64. The zero-order valence-electron chi connectivity index (χ0n) is 22.0. The molecule has 10 nitrogen and oxygen atoms in total. The number of hydrogen-bond donors (Lipinski definition) is 1. The lowest BCUT2D eigenvalue weighted by atomic mass is 9.66. The number of ether oxygens (including phenoxy) is 3. The summed E-state index contributed by atoms with van der Waals surface area (Å²) in [7, 11) is 5.79. The summed E-state index contributed by atoms with van der Waals surface area (Å²) in [6, 6.07) is 5.13. The summed E-state index contributed by atoms with van der Waals surface area (Å²) >= 11 is 11.4. The molecule has 0 amide bonds. The molecular weight excluding hydrogens is 626 g/mol. The molecule has 0 bridgehead atoms. The Morgan fingerprint density at radius 3 is 2.42 bits per heavy atom. The number of nitrogens with zero attached hydrogens (tertiary/aromatic N) is 2. The van der Waals surface area contributed by atoms with Crippen LogP contribution in [0.15, 0.2) is 42.8 Å². The van der Waals surface area contributed by atoms with Gasteiger partial charge in [-0.15, -0.1) is 11.3 Å². The molecule has 0 fully saturated rings. The molecule has 208 valence electrons. The smallest absolute Gasteiger partial charge is 0.332 e. The Bertz CT molecular complexity index is 1820. The average molecular weight is 649 g/mol. The lowest BCUT2D eigenvalue weighted by molar-refractivity contribution is -0.130. The van der Waals surface area contributed by atoms with Crippen LogP contribution in [0.3, 0.4) is 0 Å². The van der Waals surface area contributed by atoms with Crippen LogP contribution in [0, 0.1) is 5.92 Å². The molecule has 3 atom stereocenters. The van der Waals surface area contributed by atoms with E-state index in [9.17, 15) is 19.2 Å². The number of methoxy groups -OCH3 is 2.